The Kier molecular flexibility index (Phi) is 8.24. The molecule has 0 fully saturated rings. The van der Waals surface area contributed by atoms with E-state index in [0.717, 1.165) is 19.3 Å². The van der Waals surface area contributed by atoms with Gasteiger partial charge in [0.15, 0.2) is 0 Å². The van der Waals surface area contributed by atoms with Crippen LogP contribution in [0, 0.1) is 0 Å². The van der Waals surface area contributed by atoms with Crippen LogP contribution < -0.4 is 0 Å². The summed E-state index contributed by atoms with van der Waals surface area (Å²) in [6.07, 6.45) is 2.94. The van der Waals surface area contributed by atoms with E-state index in [9.17, 15) is 4.79 Å². The fourth-order valence-electron chi connectivity index (χ4n) is 0.985. The summed E-state index contributed by atoms with van der Waals surface area (Å²) < 4.78 is 4.67. The maximum atomic E-state index is 11.2. The Morgan fingerprint density at radius 1 is 1.62 bits per heavy atom. The molecule has 0 saturated heterocycles. The molecule has 0 amide bonds. The molecule has 0 heterocycles. The van der Waals surface area contributed by atoms with Gasteiger partial charge < -0.3 is 9.84 Å². The van der Waals surface area contributed by atoms with Crippen molar-refractivity contribution in [1.29, 1.82) is 0 Å². The van der Waals surface area contributed by atoms with Gasteiger partial charge >= 0.3 is 5.97 Å². The number of thioether (sulfide) groups is 1. The predicted octanol–water partition coefficient (Wildman–Crippen LogP) is 1.44. The first-order valence-electron chi connectivity index (χ1n) is 4.56. The topological polar surface area (TPSA) is 46.5 Å². The second-order valence-electron chi connectivity index (χ2n) is 2.75. The Morgan fingerprint density at radius 3 is 2.77 bits per heavy atom. The van der Waals surface area contributed by atoms with Gasteiger partial charge in [0.25, 0.3) is 0 Å². The molecule has 1 N–H and O–H groups in total. The molecular weight excluding hydrogens is 188 g/mol. The molecule has 3 nitrogen and oxygen atoms in total. The number of hydrogen-bond donors (Lipinski definition) is 1. The van der Waals surface area contributed by atoms with E-state index in [-0.39, 0.29) is 17.8 Å². The molecule has 0 rings (SSSR count). The molecule has 13 heavy (non-hydrogen) atoms. The van der Waals surface area contributed by atoms with Gasteiger partial charge in [0, 0.05) is 5.75 Å². The molecule has 4 heteroatoms. The van der Waals surface area contributed by atoms with Crippen LogP contribution in [-0.2, 0) is 9.53 Å². The molecule has 0 spiro atoms. The van der Waals surface area contributed by atoms with E-state index < -0.39 is 0 Å². The minimum absolute atomic E-state index is 0.0999. The van der Waals surface area contributed by atoms with Crippen molar-refractivity contribution in [2.45, 2.75) is 31.4 Å². The summed E-state index contributed by atoms with van der Waals surface area (Å²) in [5.74, 6) is 0.427. The zero-order chi connectivity index (χ0) is 10.1. The van der Waals surface area contributed by atoms with Gasteiger partial charge in [0.05, 0.1) is 13.7 Å². The molecule has 0 aliphatic heterocycles. The number of hydrogen-bond acceptors (Lipinski definition) is 4. The normalized spacial score (nSPS) is 12.5. The van der Waals surface area contributed by atoms with Crippen LogP contribution in [0.25, 0.3) is 0 Å². The second kappa shape index (κ2) is 8.38. The molecule has 1 unspecified atom stereocenters. The van der Waals surface area contributed by atoms with Gasteiger partial charge in [0.1, 0.15) is 5.25 Å². The lowest BCUT2D eigenvalue weighted by atomic mass is 10.2. The van der Waals surface area contributed by atoms with E-state index in [2.05, 4.69) is 11.7 Å². The van der Waals surface area contributed by atoms with Gasteiger partial charge in [-0.3, -0.25) is 4.79 Å². The molecular formula is C9H18O3S. The van der Waals surface area contributed by atoms with Gasteiger partial charge in [-0.2, -0.15) is 0 Å². The highest BCUT2D eigenvalue weighted by molar-refractivity contribution is 8.00. The molecule has 0 saturated carbocycles. The highest BCUT2D eigenvalue weighted by Gasteiger charge is 2.18. The van der Waals surface area contributed by atoms with Crippen LogP contribution in [0.4, 0.5) is 0 Å². The highest BCUT2D eigenvalue weighted by atomic mass is 32.2. The summed E-state index contributed by atoms with van der Waals surface area (Å²) >= 11 is 1.47. The van der Waals surface area contributed by atoms with Crippen molar-refractivity contribution in [3.8, 4) is 0 Å². The molecule has 0 radical (unpaired) electrons. The van der Waals surface area contributed by atoms with Crippen molar-refractivity contribution in [1.82, 2.24) is 0 Å². The van der Waals surface area contributed by atoms with Crippen LogP contribution >= 0.6 is 11.8 Å². The fourth-order valence-corrected chi connectivity index (χ4v) is 1.94. The third-order valence-electron chi connectivity index (χ3n) is 1.69. The zero-order valence-corrected chi connectivity index (χ0v) is 9.10. The molecule has 0 bridgehead atoms. The summed E-state index contributed by atoms with van der Waals surface area (Å²) in [4.78, 5) is 11.2. The third kappa shape index (κ3) is 5.93. The number of carbonyl (C=O) groups is 1. The summed E-state index contributed by atoms with van der Waals surface area (Å²) in [7, 11) is 1.40. The lowest BCUT2D eigenvalue weighted by Crippen LogP contribution is -2.19. The maximum Gasteiger partial charge on any atom is 0.318 e. The lowest BCUT2D eigenvalue weighted by molar-refractivity contribution is -0.140. The average Bonchev–Trinajstić information content (AvgIpc) is 2.17. The van der Waals surface area contributed by atoms with Crippen LogP contribution in [0.1, 0.15) is 26.2 Å². The van der Waals surface area contributed by atoms with Crippen LogP contribution in [-0.4, -0.2) is 35.8 Å². The van der Waals surface area contributed by atoms with Crippen molar-refractivity contribution in [3.05, 3.63) is 0 Å². The molecule has 0 aromatic heterocycles. The number of carbonyl (C=O) groups excluding carboxylic acids is 1. The summed E-state index contributed by atoms with van der Waals surface area (Å²) in [5.41, 5.74) is 0. The number of methoxy groups -OCH3 is 1. The van der Waals surface area contributed by atoms with Crippen molar-refractivity contribution in [3.63, 3.8) is 0 Å². The Morgan fingerprint density at radius 2 is 2.31 bits per heavy atom. The fraction of sp³-hybridized carbons (Fsp3) is 0.889. The average molecular weight is 206 g/mol. The van der Waals surface area contributed by atoms with Crippen molar-refractivity contribution < 1.29 is 14.6 Å². The van der Waals surface area contributed by atoms with Gasteiger partial charge in [-0.25, -0.2) is 0 Å². The van der Waals surface area contributed by atoms with Crippen LogP contribution in [0.3, 0.4) is 0 Å². The lowest BCUT2D eigenvalue weighted by Gasteiger charge is -2.12. The minimum Gasteiger partial charge on any atom is -0.468 e. The molecule has 1 atom stereocenters. The van der Waals surface area contributed by atoms with Crippen molar-refractivity contribution in [2.24, 2.45) is 0 Å². The summed E-state index contributed by atoms with van der Waals surface area (Å²) in [6, 6.07) is 0. The molecule has 0 aromatic carbocycles. The van der Waals surface area contributed by atoms with Crippen LogP contribution in [0.2, 0.25) is 0 Å². The van der Waals surface area contributed by atoms with Crippen LogP contribution in [0.15, 0.2) is 0 Å². The first kappa shape index (κ1) is 12.8. The van der Waals surface area contributed by atoms with E-state index in [4.69, 9.17) is 5.11 Å². The largest absolute Gasteiger partial charge is 0.468 e. The number of aliphatic hydroxyl groups is 1. The summed E-state index contributed by atoms with van der Waals surface area (Å²) in [5, 5.41) is 8.52. The Labute approximate surface area is 83.9 Å². The number of unbranched alkanes of at least 4 members (excludes halogenated alkanes) is 1. The SMILES string of the molecule is CCCCC(SCCO)C(=O)OC. The molecule has 0 aliphatic rings. The minimum atomic E-state index is -0.174. The number of esters is 1. The monoisotopic (exact) mass is 206 g/mol. The van der Waals surface area contributed by atoms with E-state index in [1.165, 1.54) is 18.9 Å². The smallest absolute Gasteiger partial charge is 0.318 e. The van der Waals surface area contributed by atoms with Gasteiger partial charge in [-0.1, -0.05) is 19.8 Å². The second-order valence-corrected chi connectivity index (χ2v) is 4.06. The van der Waals surface area contributed by atoms with Crippen LogP contribution in [0.5, 0.6) is 0 Å². The Hall–Kier alpha value is -0.220. The quantitative estimate of drug-likeness (QED) is 0.640. The molecule has 78 valence electrons. The van der Waals surface area contributed by atoms with E-state index >= 15 is 0 Å². The number of rotatable bonds is 7. The molecule has 0 aliphatic carbocycles. The van der Waals surface area contributed by atoms with E-state index in [1.54, 1.807) is 0 Å². The van der Waals surface area contributed by atoms with Crippen molar-refractivity contribution in [2.75, 3.05) is 19.5 Å². The van der Waals surface area contributed by atoms with E-state index in [0.29, 0.717) is 5.75 Å². The third-order valence-corrected chi connectivity index (χ3v) is 2.94. The van der Waals surface area contributed by atoms with Crippen molar-refractivity contribution >= 4 is 17.7 Å². The number of ether oxygens (including phenoxy) is 1. The highest BCUT2D eigenvalue weighted by Crippen LogP contribution is 2.18. The van der Waals surface area contributed by atoms with Gasteiger partial charge in [0.2, 0.25) is 0 Å². The van der Waals surface area contributed by atoms with Gasteiger partial charge in [-0.15, -0.1) is 11.8 Å². The molecule has 0 aromatic rings. The number of aliphatic hydroxyl groups excluding tert-OH is 1. The Balaban J connectivity index is 3.79. The first-order chi connectivity index (χ1) is 6.26. The predicted molar refractivity (Wildman–Crippen MR) is 54.9 cm³/mol. The zero-order valence-electron chi connectivity index (χ0n) is 8.28. The first-order valence-corrected chi connectivity index (χ1v) is 5.61. The van der Waals surface area contributed by atoms with Gasteiger partial charge in [-0.05, 0) is 6.42 Å². The van der Waals surface area contributed by atoms with E-state index in [1.807, 2.05) is 0 Å². The Bertz CT molecular complexity index is 131. The maximum absolute atomic E-state index is 11.2. The summed E-state index contributed by atoms with van der Waals surface area (Å²) in [6.45, 7) is 2.20. The standard InChI is InChI=1S/C9H18O3S/c1-3-4-5-8(9(11)12-2)13-7-6-10/h8,10H,3-7H2,1-2H3.